The third kappa shape index (κ3) is 5.81. The largest absolute Gasteiger partial charge is 0.493 e. The molecule has 0 aliphatic rings. The molecule has 0 radical (unpaired) electrons. The maximum atomic E-state index is 12.5. The number of benzene rings is 2. The lowest BCUT2D eigenvalue weighted by molar-refractivity contribution is -0.112. The van der Waals surface area contributed by atoms with Crippen LogP contribution in [0.3, 0.4) is 0 Å². The van der Waals surface area contributed by atoms with Gasteiger partial charge in [-0.15, -0.1) is 0 Å². The molecule has 0 aromatic heterocycles. The Kier molecular flexibility index (Phi) is 6.98. The van der Waals surface area contributed by atoms with Gasteiger partial charge in [0.1, 0.15) is 11.6 Å². The Balaban J connectivity index is 2.32. The van der Waals surface area contributed by atoms with Crippen molar-refractivity contribution in [2.75, 3.05) is 12.4 Å². The molecule has 0 fully saturated rings. The van der Waals surface area contributed by atoms with Crippen molar-refractivity contribution in [1.82, 2.24) is 0 Å². The minimum absolute atomic E-state index is 0.0848. The van der Waals surface area contributed by atoms with Crippen LogP contribution in [0.15, 0.2) is 52.9 Å². The fourth-order valence-electron chi connectivity index (χ4n) is 2.40. The number of nitriles is 1. The maximum absolute atomic E-state index is 12.5. The average molecular weight is 415 g/mol. The lowest BCUT2D eigenvalue weighted by atomic mass is 10.1. The van der Waals surface area contributed by atoms with Gasteiger partial charge in [-0.25, -0.2) is 13.6 Å². The predicted octanol–water partition coefficient (Wildman–Crippen LogP) is 2.68. The summed E-state index contributed by atoms with van der Waals surface area (Å²) in [6, 6.07) is 12.3. The second-order valence-electron chi connectivity index (χ2n) is 6.24. The fourth-order valence-corrected chi connectivity index (χ4v) is 2.91. The van der Waals surface area contributed by atoms with E-state index < -0.39 is 15.9 Å². The summed E-state index contributed by atoms with van der Waals surface area (Å²) in [7, 11) is -2.33. The lowest BCUT2D eigenvalue weighted by Crippen LogP contribution is -2.15. The number of amides is 1. The van der Waals surface area contributed by atoms with E-state index in [4.69, 9.17) is 14.6 Å². The number of nitrogens with two attached hydrogens (primary N) is 1. The van der Waals surface area contributed by atoms with Crippen LogP contribution in [-0.4, -0.2) is 27.5 Å². The molecule has 1 amide bonds. The molecule has 3 N–H and O–H groups in total. The molecular weight excluding hydrogens is 394 g/mol. The molecule has 29 heavy (non-hydrogen) atoms. The molecule has 152 valence electrons. The second-order valence-corrected chi connectivity index (χ2v) is 7.80. The van der Waals surface area contributed by atoms with Crippen molar-refractivity contribution in [2.24, 2.45) is 5.14 Å². The molecule has 2 rings (SSSR count). The van der Waals surface area contributed by atoms with Crippen LogP contribution < -0.4 is 19.9 Å². The van der Waals surface area contributed by atoms with Gasteiger partial charge in [0, 0.05) is 11.3 Å². The molecule has 2 aromatic rings. The number of anilines is 1. The fraction of sp³-hybridized carbons (Fsp3) is 0.200. The van der Waals surface area contributed by atoms with Crippen LogP contribution in [0.4, 0.5) is 5.69 Å². The van der Waals surface area contributed by atoms with E-state index in [0.717, 1.165) is 0 Å². The van der Waals surface area contributed by atoms with Gasteiger partial charge in [0.15, 0.2) is 11.5 Å². The molecule has 8 nitrogen and oxygen atoms in total. The zero-order chi connectivity index (χ0) is 21.6. The SMILES string of the molecule is COc1cccc(/C=C(\C#N)C(=O)Nc2ccc(S(N)(=O)=O)cc2)c1OC(C)C. The Labute approximate surface area is 169 Å². The smallest absolute Gasteiger partial charge is 0.266 e. The van der Waals surface area contributed by atoms with Gasteiger partial charge in [0.2, 0.25) is 10.0 Å². The van der Waals surface area contributed by atoms with Crippen molar-refractivity contribution in [3.8, 4) is 17.6 Å². The molecule has 0 saturated carbocycles. The first-order valence-electron chi connectivity index (χ1n) is 8.55. The van der Waals surface area contributed by atoms with Gasteiger partial charge in [0.05, 0.1) is 18.1 Å². The van der Waals surface area contributed by atoms with Crippen molar-refractivity contribution in [2.45, 2.75) is 24.8 Å². The standard InChI is InChI=1S/C20H21N3O5S/c1-13(2)28-19-14(5-4-6-18(19)27-3)11-15(12-21)20(24)23-16-7-9-17(10-8-16)29(22,25)26/h4-11,13H,1-3H3,(H,23,24)(H2,22,25,26)/b15-11+. The number of ether oxygens (including phenoxy) is 2. The number of carbonyl (C=O) groups is 1. The number of nitrogens with zero attached hydrogens (tertiary/aromatic N) is 1. The summed E-state index contributed by atoms with van der Waals surface area (Å²) in [5, 5.41) is 17.0. The summed E-state index contributed by atoms with van der Waals surface area (Å²) in [5.41, 5.74) is 0.657. The summed E-state index contributed by atoms with van der Waals surface area (Å²) in [6.45, 7) is 3.70. The quantitative estimate of drug-likeness (QED) is 0.528. The number of hydrogen-bond donors (Lipinski definition) is 2. The number of methoxy groups -OCH3 is 1. The zero-order valence-corrected chi connectivity index (χ0v) is 17.0. The van der Waals surface area contributed by atoms with Crippen LogP contribution in [0, 0.1) is 11.3 Å². The van der Waals surface area contributed by atoms with E-state index in [2.05, 4.69) is 5.32 Å². The summed E-state index contributed by atoms with van der Waals surface area (Å²) in [4.78, 5) is 12.4. The topological polar surface area (TPSA) is 132 Å². The Morgan fingerprint density at radius 3 is 2.38 bits per heavy atom. The first kappa shape index (κ1) is 21.9. The lowest BCUT2D eigenvalue weighted by Gasteiger charge is -2.16. The van der Waals surface area contributed by atoms with Gasteiger partial charge in [-0.2, -0.15) is 5.26 Å². The molecule has 0 heterocycles. The summed E-state index contributed by atoms with van der Waals surface area (Å²) in [6.07, 6.45) is 1.25. The van der Waals surface area contributed by atoms with Crippen LogP contribution in [-0.2, 0) is 14.8 Å². The van der Waals surface area contributed by atoms with Crippen LogP contribution >= 0.6 is 0 Å². The molecule has 2 aromatic carbocycles. The number of carbonyl (C=O) groups excluding carboxylic acids is 1. The highest BCUT2D eigenvalue weighted by Crippen LogP contribution is 2.33. The van der Waals surface area contributed by atoms with E-state index in [1.165, 1.54) is 37.5 Å². The van der Waals surface area contributed by atoms with Crippen LogP contribution in [0.2, 0.25) is 0 Å². The highest BCUT2D eigenvalue weighted by Gasteiger charge is 2.15. The summed E-state index contributed by atoms with van der Waals surface area (Å²) < 4.78 is 33.7. The molecule has 9 heteroatoms. The molecule has 0 spiro atoms. The second kappa shape index (κ2) is 9.23. The Hall–Kier alpha value is -3.35. The van der Waals surface area contributed by atoms with Gasteiger partial charge in [0.25, 0.3) is 5.91 Å². The van der Waals surface area contributed by atoms with Crippen LogP contribution in [0.1, 0.15) is 19.4 Å². The summed E-state index contributed by atoms with van der Waals surface area (Å²) in [5.74, 6) is 0.237. The van der Waals surface area contributed by atoms with Crippen molar-refractivity contribution in [3.63, 3.8) is 0 Å². The number of primary sulfonamides is 1. The molecule has 0 saturated heterocycles. The average Bonchev–Trinajstić information content (AvgIpc) is 2.66. The number of hydrogen-bond acceptors (Lipinski definition) is 6. The molecule has 0 aliphatic heterocycles. The van der Waals surface area contributed by atoms with E-state index in [1.54, 1.807) is 18.2 Å². The number of para-hydroxylation sites is 1. The third-order valence-corrected chi connectivity index (χ3v) is 4.62. The van der Waals surface area contributed by atoms with Crippen molar-refractivity contribution in [1.29, 1.82) is 5.26 Å². The van der Waals surface area contributed by atoms with Crippen LogP contribution in [0.5, 0.6) is 11.5 Å². The maximum Gasteiger partial charge on any atom is 0.266 e. The van der Waals surface area contributed by atoms with E-state index in [9.17, 15) is 18.5 Å². The van der Waals surface area contributed by atoms with Crippen molar-refractivity contribution in [3.05, 3.63) is 53.6 Å². The van der Waals surface area contributed by atoms with Crippen LogP contribution in [0.25, 0.3) is 6.08 Å². The van der Waals surface area contributed by atoms with Gasteiger partial charge in [-0.1, -0.05) is 12.1 Å². The first-order chi connectivity index (χ1) is 13.7. The Morgan fingerprint density at radius 2 is 1.86 bits per heavy atom. The first-order valence-corrected chi connectivity index (χ1v) is 10.1. The van der Waals surface area contributed by atoms with E-state index in [-0.39, 0.29) is 16.6 Å². The Bertz CT molecular complexity index is 1070. The predicted molar refractivity (Wildman–Crippen MR) is 109 cm³/mol. The normalized spacial score (nSPS) is 11.7. The molecule has 0 unspecified atom stereocenters. The molecular formula is C20H21N3O5S. The number of nitrogens with one attached hydrogen (secondary N) is 1. The minimum Gasteiger partial charge on any atom is -0.493 e. The Morgan fingerprint density at radius 1 is 1.21 bits per heavy atom. The van der Waals surface area contributed by atoms with Crippen molar-refractivity contribution >= 4 is 27.7 Å². The third-order valence-electron chi connectivity index (χ3n) is 3.69. The van der Waals surface area contributed by atoms with Gasteiger partial charge in [-0.3, -0.25) is 4.79 Å². The van der Waals surface area contributed by atoms with E-state index in [1.807, 2.05) is 19.9 Å². The van der Waals surface area contributed by atoms with Gasteiger partial charge >= 0.3 is 0 Å². The number of sulfonamides is 1. The van der Waals surface area contributed by atoms with Crippen molar-refractivity contribution < 1.29 is 22.7 Å². The highest BCUT2D eigenvalue weighted by molar-refractivity contribution is 7.89. The number of rotatable bonds is 7. The highest BCUT2D eigenvalue weighted by atomic mass is 32.2. The molecule has 0 bridgehead atoms. The monoisotopic (exact) mass is 415 g/mol. The van der Waals surface area contributed by atoms with Gasteiger partial charge in [-0.05, 0) is 50.3 Å². The molecule has 0 atom stereocenters. The van der Waals surface area contributed by atoms with E-state index in [0.29, 0.717) is 22.7 Å². The van der Waals surface area contributed by atoms with E-state index >= 15 is 0 Å². The van der Waals surface area contributed by atoms with Gasteiger partial charge < -0.3 is 14.8 Å². The minimum atomic E-state index is -3.83. The molecule has 0 aliphatic carbocycles. The zero-order valence-electron chi connectivity index (χ0n) is 16.2. The summed E-state index contributed by atoms with van der Waals surface area (Å²) >= 11 is 0.